The first-order chi connectivity index (χ1) is 8.11. The van der Waals surface area contributed by atoms with Gasteiger partial charge in [0.1, 0.15) is 0 Å². The van der Waals surface area contributed by atoms with Crippen LogP contribution in [0.25, 0.3) is 0 Å². The van der Waals surface area contributed by atoms with E-state index >= 15 is 0 Å². The summed E-state index contributed by atoms with van der Waals surface area (Å²) in [5.74, 6) is 0. The number of hydrogen-bond acceptors (Lipinski definition) is 2. The molecule has 1 N–H and O–H groups in total. The molecule has 1 heterocycles. The van der Waals surface area contributed by atoms with E-state index in [0.717, 1.165) is 0 Å². The van der Waals surface area contributed by atoms with Crippen molar-refractivity contribution in [2.24, 2.45) is 7.05 Å². The quantitative estimate of drug-likeness (QED) is 0.875. The Balaban J connectivity index is 2.45. The summed E-state index contributed by atoms with van der Waals surface area (Å²) in [6, 6.07) is 8.89. The van der Waals surface area contributed by atoms with E-state index in [1.54, 1.807) is 0 Å². The minimum Gasteiger partial charge on any atom is -0.308 e. The predicted octanol–water partition coefficient (Wildman–Crippen LogP) is 2.35. The van der Waals surface area contributed by atoms with Gasteiger partial charge in [-0.25, -0.2) is 0 Å². The molecule has 0 saturated heterocycles. The molecule has 1 atom stereocenters. The van der Waals surface area contributed by atoms with Gasteiger partial charge in [-0.1, -0.05) is 29.3 Å². The Kier molecular flexibility index (Phi) is 3.29. The van der Waals surface area contributed by atoms with Crippen LogP contribution in [-0.4, -0.2) is 16.8 Å². The second-order valence-corrected chi connectivity index (χ2v) is 4.52. The average molecular weight is 229 g/mol. The van der Waals surface area contributed by atoms with E-state index in [-0.39, 0.29) is 6.04 Å². The standard InChI is InChI=1S/C14H19N3/c1-10-7-11(2)9-12(8-10)14(15-3)13-5-6-16-17(13)4/h5-9,14-15H,1-4H3. The SMILES string of the molecule is CNC(c1cc(C)cc(C)c1)c1ccnn1C. The third-order valence-corrected chi connectivity index (χ3v) is 3.02. The molecule has 2 aromatic rings. The van der Waals surface area contributed by atoms with Crippen LogP contribution < -0.4 is 5.32 Å². The molecule has 17 heavy (non-hydrogen) atoms. The number of aromatic nitrogens is 2. The summed E-state index contributed by atoms with van der Waals surface area (Å²) in [6.45, 7) is 4.26. The van der Waals surface area contributed by atoms with E-state index in [1.165, 1.54) is 22.4 Å². The third kappa shape index (κ3) is 2.39. The highest BCUT2D eigenvalue weighted by Crippen LogP contribution is 2.23. The molecule has 1 unspecified atom stereocenters. The normalized spacial score (nSPS) is 12.7. The molecule has 3 heteroatoms. The number of hydrogen-bond donors (Lipinski definition) is 1. The summed E-state index contributed by atoms with van der Waals surface area (Å²) in [5.41, 5.74) is 5.05. The number of benzene rings is 1. The molecule has 90 valence electrons. The Hall–Kier alpha value is -1.61. The summed E-state index contributed by atoms with van der Waals surface area (Å²) in [7, 11) is 3.96. The van der Waals surface area contributed by atoms with Gasteiger partial charge in [-0.2, -0.15) is 5.10 Å². The molecule has 0 saturated carbocycles. The van der Waals surface area contributed by atoms with Gasteiger partial charge >= 0.3 is 0 Å². The monoisotopic (exact) mass is 229 g/mol. The number of nitrogens with zero attached hydrogens (tertiary/aromatic N) is 2. The predicted molar refractivity (Wildman–Crippen MR) is 70.0 cm³/mol. The molecule has 0 aliphatic rings. The molecule has 1 aromatic carbocycles. The van der Waals surface area contributed by atoms with Crippen molar-refractivity contribution in [3.05, 3.63) is 52.8 Å². The van der Waals surface area contributed by atoms with Crippen molar-refractivity contribution < 1.29 is 0 Å². The summed E-state index contributed by atoms with van der Waals surface area (Å²) >= 11 is 0. The highest BCUT2D eigenvalue weighted by atomic mass is 15.3. The van der Waals surface area contributed by atoms with Crippen LogP contribution in [0.15, 0.2) is 30.5 Å². The van der Waals surface area contributed by atoms with Crippen LogP contribution in [0.1, 0.15) is 28.4 Å². The van der Waals surface area contributed by atoms with Gasteiger partial charge < -0.3 is 5.32 Å². The fraction of sp³-hybridized carbons (Fsp3) is 0.357. The largest absolute Gasteiger partial charge is 0.308 e. The van der Waals surface area contributed by atoms with Crippen LogP contribution in [-0.2, 0) is 7.05 Å². The van der Waals surface area contributed by atoms with Crippen LogP contribution in [0.4, 0.5) is 0 Å². The lowest BCUT2D eigenvalue weighted by atomic mass is 9.99. The molecule has 0 aliphatic carbocycles. The van der Waals surface area contributed by atoms with Crippen molar-refractivity contribution in [2.75, 3.05) is 7.05 Å². The van der Waals surface area contributed by atoms with Gasteiger partial charge in [-0.3, -0.25) is 4.68 Å². The van der Waals surface area contributed by atoms with E-state index in [0.29, 0.717) is 0 Å². The zero-order valence-electron chi connectivity index (χ0n) is 10.9. The van der Waals surface area contributed by atoms with Gasteiger partial charge in [-0.05, 0) is 32.5 Å². The molecular weight excluding hydrogens is 210 g/mol. The minimum atomic E-state index is 0.195. The summed E-state index contributed by atoms with van der Waals surface area (Å²) < 4.78 is 1.92. The maximum absolute atomic E-state index is 4.23. The second kappa shape index (κ2) is 4.72. The average Bonchev–Trinajstić information content (AvgIpc) is 2.65. The lowest BCUT2D eigenvalue weighted by Gasteiger charge is -2.18. The van der Waals surface area contributed by atoms with Crippen LogP contribution >= 0.6 is 0 Å². The first kappa shape index (κ1) is 11.9. The lowest BCUT2D eigenvalue weighted by Crippen LogP contribution is -2.20. The second-order valence-electron chi connectivity index (χ2n) is 4.52. The van der Waals surface area contributed by atoms with E-state index in [1.807, 2.05) is 25.0 Å². The first-order valence-electron chi connectivity index (χ1n) is 5.85. The molecule has 0 bridgehead atoms. The third-order valence-electron chi connectivity index (χ3n) is 3.02. The van der Waals surface area contributed by atoms with E-state index < -0.39 is 0 Å². The van der Waals surface area contributed by atoms with E-state index in [2.05, 4.69) is 48.5 Å². The molecule has 0 aliphatic heterocycles. The van der Waals surface area contributed by atoms with Crippen LogP contribution in [0.5, 0.6) is 0 Å². The zero-order chi connectivity index (χ0) is 12.4. The molecule has 1 aromatic heterocycles. The van der Waals surface area contributed by atoms with Crippen LogP contribution in [0.3, 0.4) is 0 Å². The van der Waals surface area contributed by atoms with Gasteiger partial charge in [0, 0.05) is 13.2 Å². The van der Waals surface area contributed by atoms with Gasteiger partial charge in [0.25, 0.3) is 0 Å². The van der Waals surface area contributed by atoms with Crippen molar-refractivity contribution in [1.29, 1.82) is 0 Å². The maximum atomic E-state index is 4.23. The maximum Gasteiger partial charge on any atom is 0.0745 e. The Morgan fingerprint density at radius 1 is 1.18 bits per heavy atom. The molecule has 0 spiro atoms. The zero-order valence-corrected chi connectivity index (χ0v) is 10.9. The Labute approximate surface area is 102 Å². The van der Waals surface area contributed by atoms with E-state index in [9.17, 15) is 0 Å². The summed E-state index contributed by atoms with van der Waals surface area (Å²) in [4.78, 5) is 0. The lowest BCUT2D eigenvalue weighted by molar-refractivity contribution is 0.605. The van der Waals surface area contributed by atoms with Crippen molar-refractivity contribution in [3.8, 4) is 0 Å². The van der Waals surface area contributed by atoms with Gasteiger partial charge in [0.05, 0.1) is 11.7 Å². The van der Waals surface area contributed by atoms with Crippen LogP contribution in [0.2, 0.25) is 0 Å². The number of rotatable bonds is 3. The smallest absolute Gasteiger partial charge is 0.0745 e. The Morgan fingerprint density at radius 3 is 2.29 bits per heavy atom. The topological polar surface area (TPSA) is 29.9 Å². The minimum absolute atomic E-state index is 0.195. The van der Waals surface area contributed by atoms with Gasteiger partial charge in [0.15, 0.2) is 0 Å². The van der Waals surface area contributed by atoms with E-state index in [4.69, 9.17) is 0 Å². The molecule has 0 radical (unpaired) electrons. The van der Waals surface area contributed by atoms with Gasteiger partial charge in [-0.15, -0.1) is 0 Å². The molecule has 3 nitrogen and oxygen atoms in total. The van der Waals surface area contributed by atoms with Crippen molar-refractivity contribution in [3.63, 3.8) is 0 Å². The summed E-state index contributed by atoms with van der Waals surface area (Å²) in [5, 5.41) is 7.59. The number of aryl methyl sites for hydroxylation is 3. The van der Waals surface area contributed by atoms with Crippen LogP contribution in [0, 0.1) is 13.8 Å². The molecule has 0 fully saturated rings. The highest BCUT2D eigenvalue weighted by Gasteiger charge is 2.15. The van der Waals surface area contributed by atoms with Crippen molar-refractivity contribution in [1.82, 2.24) is 15.1 Å². The Morgan fingerprint density at radius 2 is 1.82 bits per heavy atom. The molecule has 2 rings (SSSR count). The first-order valence-corrected chi connectivity index (χ1v) is 5.85. The Bertz CT molecular complexity index is 494. The van der Waals surface area contributed by atoms with Crippen molar-refractivity contribution in [2.45, 2.75) is 19.9 Å². The summed E-state index contributed by atoms with van der Waals surface area (Å²) in [6.07, 6.45) is 1.84. The molecular formula is C14H19N3. The van der Waals surface area contributed by atoms with Crippen molar-refractivity contribution >= 4 is 0 Å². The highest BCUT2D eigenvalue weighted by molar-refractivity contribution is 5.34. The fourth-order valence-corrected chi connectivity index (χ4v) is 2.33. The van der Waals surface area contributed by atoms with Gasteiger partial charge in [0.2, 0.25) is 0 Å². The molecule has 0 amide bonds. The fourth-order valence-electron chi connectivity index (χ4n) is 2.33. The number of nitrogens with one attached hydrogen (secondary N) is 1.